The van der Waals surface area contributed by atoms with E-state index in [0.29, 0.717) is 17.5 Å². The Morgan fingerprint density at radius 1 is 1.40 bits per heavy atom. The first-order valence-electron chi connectivity index (χ1n) is 6.50. The van der Waals surface area contributed by atoms with Crippen LogP contribution >= 0.6 is 0 Å². The fraction of sp³-hybridized carbons (Fsp3) is 0.357. The van der Waals surface area contributed by atoms with Gasteiger partial charge in [0, 0.05) is 5.56 Å². The average molecular weight is 275 g/mol. The lowest BCUT2D eigenvalue weighted by molar-refractivity contribution is -0.150. The van der Waals surface area contributed by atoms with E-state index < -0.39 is 5.91 Å². The number of nitrogens with two attached hydrogens (primary N) is 1. The quantitative estimate of drug-likeness (QED) is 0.758. The first kappa shape index (κ1) is 14.2. The van der Waals surface area contributed by atoms with E-state index in [1.807, 2.05) is 6.92 Å². The number of amides is 3. The molecule has 6 heteroatoms. The Morgan fingerprint density at radius 2 is 2.10 bits per heavy atom. The number of nitrogens with one attached hydrogen (secondary N) is 1. The number of carbonyl (C=O) groups is 3. The number of rotatable bonds is 4. The Labute approximate surface area is 116 Å². The minimum atomic E-state index is -0.567. The van der Waals surface area contributed by atoms with E-state index >= 15 is 0 Å². The third-order valence-corrected chi connectivity index (χ3v) is 3.38. The van der Waals surface area contributed by atoms with Crippen molar-refractivity contribution in [1.82, 2.24) is 10.2 Å². The van der Waals surface area contributed by atoms with E-state index in [9.17, 15) is 14.4 Å². The molecule has 3 amide bonds. The van der Waals surface area contributed by atoms with Crippen LogP contribution in [0.3, 0.4) is 0 Å². The van der Waals surface area contributed by atoms with Gasteiger partial charge in [-0.25, -0.2) is 0 Å². The van der Waals surface area contributed by atoms with Crippen molar-refractivity contribution in [3.8, 4) is 0 Å². The van der Waals surface area contributed by atoms with Crippen LogP contribution in [0, 0.1) is 0 Å². The molecule has 1 atom stereocenters. The molecule has 1 aromatic rings. The predicted molar refractivity (Wildman–Crippen MR) is 72.6 cm³/mol. The standard InChI is InChI=1S/C14H17N3O3/c1-2-11-14(20)17(12(18)7-16-11)8-9-5-3-4-6-10(9)13(15)19/h3-6,11,16H,2,7-8H2,1H3,(H2,15,19). The Hall–Kier alpha value is -2.21. The summed E-state index contributed by atoms with van der Waals surface area (Å²) in [6.07, 6.45) is 0.611. The van der Waals surface area contributed by atoms with Gasteiger partial charge in [-0.05, 0) is 18.1 Å². The zero-order valence-corrected chi connectivity index (χ0v) is 11.3. The van der Waals surface area contributed by atoms with E-state index in [1.165, 1.54) is 4.90 Å². The average Bonchev–Trinajstić information content (AvgIpc) is 2.44. The molecule has 0 aromatic heterocycles. The van der Waals surface area contributed by atoms with Crippen LogP contribution < -0.4 is 11.1 Å². The van der Waals surface area contributed by atoms with Gasteiger partial charge in [0.25, 0.3) is 0 Å². The van der Waals surface area contributed by atoms with Crippen molar-refractivity contribution in [3.05, 3.63) is 35.4 Å². The minimum Gasteiger partial charge on any atom is -0.366 e. The minimum absolute atomic E-state index is 0.0783. The first-order chi connectivity index (χ1) is 9.54. The van der Waals surface area contributed by atoms with Crippen molar-refractivity contribution >= 4 is 17.7 Å². The summed E-state index contributed by atoms with van der Waals surface area (Å²) in [5, 5.41) is 2.89. The Balaban J connectivity index is 2.26. The van der Waals surface area contributed by atoms with Gasteiger partial charge in [0.1, 0.15) is 0 Å². The zero-order valence-electron chi connectivity index (χ0n) is 11.3. The van der Waals surface area contributed by atoms with Crippen molar-refractivity contribution in [2.75, 3.05) is 6.54 Å². The second kappa shape index (κ2) is 5.83. The lowest BCUT2D eigenvalue weighted by Gasteiger charge is -2.31. The molecule has 106 valence electrons. The van der Waals surface area contributed by atoms with E-state index in [0.717, 1.165) is 0 Å². The van der Waals surface area contributed by atoms with Gasteiger partial charge >= 0.3 is 0 Å². The van der Waals surface area contributed by atoms with Gasteiger partial charge in [0.05, 0.1) is 19.1 Å². The maximum atomic E-state index is 12.2. The summed E-state index contributed by atoms with van der Waals surface area (Å²) >= 11 is 0. The molecular weight excluding hydrogens is 258 g/mol. The highest BCUT2D eigenvalue weighted by atomic mass is 16.2. The van der Waals surface area contributed by atoms with Crippen LogP contribution in [-0.4, -0.2) is 35.2 Å². The van der Waals surface area contributed by atoms with Crippen LogP contribution in [-0.2, 0) is 16.1 Å². The summed E-state index contributed by atoms with van der Waals surface area (Å²) in [4.78, 5) is 36.6. The van der Waals surface area contributed by atoms with Crippen molar-refractivity contribution in [3.63, 3.8) is 0 Å². The highest BCUT2D eigenvalue weighted by Crippen LogP contribution is 2.15. The largest absolute Gasteiger partial charge is 0.366 e. The Morgan fingerprint density at radius 3 is 2.75 bits per heavy atom. The maximum Gasteiger partial charge on any atom is 0.249 e. The molecule has 1 saturated heterocycles. The molecule has 1 unspecified atom stereocenters. The summed E-state index contributed by atoms with van der Waals surface area (Å²) in [5.74, 6) is -1.12. The number of hydrogen-bond acceptors (Lipinski definition) is 4. The molecule has 1 aromatic carbocycles. The van der Waals surface area contributed by atoms with Gasteiger partial charge < -0.3 is 5.73 Å². The molecule has 1 fully saturated rings. The third kappa shape index (κ3) is 2.70. The normalized spacial score (nSPS) is 19.2. The highest BCUT2D eigenvalue weighted by molar-refractivity contribution is 6.01. The van der Waals surface area contributed by atoms with Crippen molar-refractivity contribution in [1.29, 1.82) is 0 Å². The number of nitrogens with zero attached hydrogens (tertiary/aromatic N) is 1. The number of carbonyl (C=O) groups excluding carboxylic acids is 3. The van der Waals surface area contributed by atoms with Crippen LogP contribution in [0.15, 0.2) is 24.3 Å². The van der Waals surface area contributed by atoms with Crippen LogP contribution in [0.1, 0.15) is 29.3 Å². The number of primary amides is 1. The molecule has 6 nitrogen and oxygen atoms in total. The van der Waals surface area contributed by atoms with E-state index in [1.54, 1.807) is 24.3 Å². The van der Waals surface area contributed by atoms with Crippen LogP contribution in [0.5, 0.6) is 0 Å². The zero-order chi connectivity index (χ0) is 14.7. The number of piperazine rings is 1. The van der Waals surface area contributed by atoms with Crippen molar-refractivity contribution in [2.45, 2.75) is 25.9 Å². The fourth-order valence-electron chi connectivity index (χ4n) is 2.26. The van der Waals surface area contributed by atoms with Gasteiger partial charge in [-0.2, -0.15) is 0 Å². The van der Waals surface area contributed by atoms with E-state index in [4.69, 9.17) is 5.73 Å². The Kier molecular flexibility index (Phi) is 4.14. The molecular formula is C14H17N3O3. The first-order valence-corrected chi connectivity index (χ1v) is 6.50. The molecule has 0 spiro atoms. The van der Waals surface area contributed by atoms with Gasteiger partial charge in [-0.3, -0.25) is 24.6 Å². The lowest BCUT2D eigenvalue weighted by atomic mass is 10.0. The number of benzene rings is 1. The third-order valence-electron chi connectivity index (χ3n) is 3.38. The van der Waals surface area contributed by atoms with Gasteiger partial charge in [0.2, 0.25) is 17.7 Å². The smallest absolute Gasteiger partial charge is 0.249 e. The molecule has 0 aliphatic carbocycles. The molecule has 1 heterocycles. The van der Waals surface area contributed by atoms with Crippen LogP contribution in [0.4, 0.5) is 0 Å². The number of hydrogen-bond donors (Lipinski definition) is 2. The summed E-state index contributed by atoms with van der Waals surface area (Å²) in [7, 11) is 0. The monoisotopic (exact) mass is 275 g/mol. The van der Waals surface area contributed by atoms with Gasteiger partial charge in [-0.15, -0.1) is 0 Å². The second-order valence-electron chi connectivity index (χ2n) is 4.68. The van der Waals surface area contributed by atoms with Crippen molar-refractivity contribution in [2.24, 2.45) is 5.73 Å². The maximum absolute atomic E-state index is 12.2. The molecule has 2 rings (SSSR count). The predicted octanol–water partition coefficient (Wildman–Crippen LogP) is 0.0225. The molecule has 1 aliphatic heterocycles. The summed E-state index contributed by atoms with van der Waals surface area (Å²) in [5.41, 5.74) is 6.22. The summed E-state index contributed by atoms with van der Waals surface area (Å²) in [6.45, 7) is 2.08. The summed E-state index contributed by atoms with van der Waals surface area (Å²) < 4.78 is 0. The van der Waals surface area contributed by atoms with Gasteiger partial charge in [0.15, 0.2) is 0 Å². The Bertz CT molecular complexity index is 556. The van der Waals surface area contributed by atoms with Crippen LogP contribution in [0.2, 0.25) is 0 Å². The second-order valence-corrected chi connectivity index (χ2v) is 4.68. The van der Waals surface area contributed by atoms with Crippen LogP contribution in [0.25, 0.3) is 0 Å². The molecule has 0 bridgehead atoms. The highest BCUT2D eigenvalue weighted by Gasteiger charge is 2.33. The fourth-order valence-corrected chi connectivity index (χ4v) is 2.26. The van der Waals surface area contributed by atoms with E-state index in [-0.39, 0.29) is 30.9 Å². The molecule has 1 aliphatic rings. The SMILES string of the molecule is CCC1NCC(=O)N(Cc2ccccc2C(N)=O)C1=O. The van der Waals surface area contributed by atoms with E-state index in [2.05, 4.69) is 5.32 Å². The lowest BCUT2D eigenvalue weighted by Crippen LogP contribution is -2.57. The molecule has 20 heavy (non-hydrogen) atoms. The van der Waals surface area contributed by atoms with Gasteiger partial charge in [-0.1, -0.05) is 25.1 Å². The number of imide groups is 1. The summed E-state index contributed by atoms with van der Waals surface area (Å²) in [6, 6.07) is 6.37. The topological polar surface area (TPSA) is 92.5 Å². The van der Waals surface area contributed by atoms with Crippen molar-refractivity contribution < 1.29 is 14.4 Å². The molecule has 3 N–H and O–H groups in total. The molecule has 0 saturated carbocycles. The molecule has 0 radical (unpaired) electrons.